The van der Waals surface area contributed by atoms with Crippen molar-refractivity contribution in [3.63, 3.8) is 0 Å². The normalized spacial score (nSPS) is 11.9. The molecule has 6 nitrogen and oxygen atoms in total. The predicted molar refractivity (Wildman–Crippen MR) is 103 cm³/mol. The van der Waals surface area contributed by atoms with E-state index >= 15 is 0 Å². The number of hydrogen-bond donors (Lipinski definition) is 1. The number of benzene rings is 1. The Labute approximate surface area is 166 Å². The molecule has 0 aliphatic carbocycles. The van der Waals surface area contributed by atoms with Gasteiger partial charge in [-0.1, -0.05) is 18.2 Å². The van der Waals surface area contributed by atoms with Crippen LogP contribution in [-0.2, 0) is 4.74 Å². The molecule has 2 heterocycles. The number of H-pyrrole nitrogens is 1. The molecule has 1 aromatic carbocycles. The Bertz CT molecular complexity index is 1150. The molecule has 0 amide bonds. The molecule has 10 heteroatoms. The molecule has 3 rings (SSSR count). The van der Waals surface area contributed by atoms with Crippen LogP contribution in [0.3, 0.4) is 0 Å². The number of aryl methyl sites for hydroxylation is 1. The summed E-state index contributed by atoms with van der Waals surface area (Å²) in [5.74, 6) is -0.792. The van der Waals surface area contributed by atoms with Crippen LogP contribution in [0.25, 0.3) is 22.4 Å². The molecule has 1 N–H and O–H groups in total. The van der Waals surface area contributed by atoms with Crippen LogP contribution in [-0.4, -0.2) is 28.9 Å². The summed E-state index contributed by atoms with van der Waals surface area (Å²) in [4.78, 5) is 31.9. The van der Waals surface area contributed by atoms with Gasteiger partial charge in [0.1, 0.15) is 21.3 Å². The summed E-state index contributed by atoms with van der Waals surface area (Å²) in [7, 11) is 0. The Morgan fingerprint density at radius 3 is 2.69 bits per heavy atom. The van der Waals surface area contributed by atoms with Crippen LogP contribution < -0.4 is 10.3 Å². The molecule has 2 aromatic heterocycles. The number of hydrogen-bond acceptors (Lipinski definition) is 6. The van der Waals surface area contributed by atoms with E-state index in [1.54, 1.807) is 19.9 Å². The Kier molecular flexibility index (Phi) is 5.73. The fraction of sp³-hybridized carbons (Fsp3) is 0.211. The van der Waals surface area contributed by atoms with Gasteiger partial charge >= 0.3 is 12.3 Å². The zero-order chi connectivity index (χ0) is 21.2. The second-order valence-corrected chi connectivity index (χ2v) is 6.83. The third kappa shape index (κ3) is 4.65. The number of thiophene rings is 1. The lowest BCUT2D eigenvalue weighted by Crippen LogP contribution is -2.17. The molecule has 0 fully saturated rings. The Hall–Kier alpha value is -3.14. The van der Waals surface area contributed by atoms with Gasteiger partial charge in [-0.15, -0.1) is 24.5 Å². The van der Waals surface area contributed by atoms with E-state index in [0.717, 1.165) is 11.3 Å². The number of esters is 1. The van der Waals surface area contributed by atoms with Gasteiger partial charge in [0.2, 0.25) is 0 Å². The van der Waals surface area contributed by atoms with Crippen molar-refractivity contribution in [2.75, 3.05) is 6.61 Å². The standard InChI is InChI=1S/C19H15F3N2O4S/c1-3-27-18(26)15-10(2)14-16(25)23-13(24-17(14)29-15)9-8-11-6-4-5-7-12(11)28-19(20,21)22/h4-9H,3H2,1-2H3,(H,23,24,25)/b9-8+. The van der Waals surface area contributed by atoms with E-state index in [9.17, 15) is 22.8 Å². The third-order valence-corrected chi connectivity index (χ3v) is 5.01. The highest BCUT2D eigenvalue weighted by Crippen LogP contribution is 2.29. The average molecular weight is 424 g/mol. The Morgan fingerprint density at radius 2 is 2.00 bits per heavy atom. The van der Waals surface area contributed by atoms with Crippen molar-refractivity contribution < 1.29 is 27.4 Å². The molecule has 3 aromatic rings. The minimum atomic E-state index is -4.83. The van der Waals surface area contributed by atoms with E-state index in [2.05, 4.69) is 14.7 Å². The zero-order valence-corrected chi connectivity index (χ0v) is 16.1. The van der Waals surface area contributed by atoms with Gasteiger partial charge in [-0.3, -0.25) is 4.79 Å². The van der Waals surface area contributed by atoms with E-state index < -0.39 is 17.9 Å². The first-order valence-corrected chi connectivity index (χ1v) is 9.24. The summed E-state index contributed by atoms with van der Waals surface area (Å²) >= 11 is 1.02. The molecule has 0 spiro atoms. The van der Waals surface area contributed by atoms with Crippen molar-refractivity contribution in [2.45, 2.75) is 20.2 Å². The lowest BCUT2D eigenvalue weighted by molar-refractivity contribution is -0.274. The summed E-state index contributed by atoms with van der Waals surface area (Å²) in [6.07, 6.45) is -2.12. The van der Waals surface area contributed by atoms with Crippen molar-refractivity contribution in [1.82, 2.24) is 9.97 Å². The minimum absolute atomic E-state index is 0.126. The number of carbonyl (C=O) groups is 1. The monoisotopic (exact) mass is 424 g/mol. The summed E-state index contributed by atoms with van der Waals surface area (Å²) in [5.41, 5.74) is 0.164. The number of aromatic amines is 1. The van der Waals surface area contributed by atoms with E-state index in [-0.39, 0.29) is 34.0 Å². The van der Waals surface area contributed by atoms with Crippen LogP contribution in [0.1, 0.15) is 33.5 Å². The van der Waals surface area contributed by atoms with Crippen molar-refractivity contribution >= 4 is 39.7 Å². The highest BCUT2D eigenvalue weighted by atomic mass is 32.1. The first kappa shape index (κ1) is 20.6. The predicted octanol–water partition coefficient (Wildman–Crippen LogP) is 4.54. The maximum Gasteiger partial charge on any atom is 0.573 e. The number of rotatable bonds is 5. The molecule has 0 saturated heterocycles. The van der Waals surface area contributed by atoms with Crippen molar-refractivity contribution in [1.29, 1.82) is 0 Å². The SMILES string of the molecule is CCOC(=O)c1sc2nc(/C=C/c3ccccc3OC(F)(F)F)[nH]c(=O)c2c1C. The number of carbonyl (C=O) groups excluding carboxylic acids is 1. The molecule has 0 radical (unpaired) electrons. The van der Waals surface area contributed by atoms with Gasteiger partial charge in [0.05, 0.1) is 12.0 Å². The number of nitrogens with zero attached hydrogens (tertiary/aromatic N) is 1. The van der Waals surface area contributed by atoms with Gasteiger partial charge in [-0.05, 0) is 37.6 Å². The molecular weight excluding hydrogens is 409 g/mol. The molecule has 0 unspecified atom stereocenters. The average Bonchev–Trinajstić information content (AvgIpc) is 2.97. The number of alkyl halides is 3. The minimum Gasteiger partial charge on any atom is -0.462 e. The molecule has 0 atom stereocenters. The number of aromatic nitrogens is 2. The molecule has 0 aliphatic rings. The van der Waals surface area contributed by atoms with Gasteiger partial charge in [0.15, 0.2) is 0 Å². The van der Waals surface area contributed by atoms with E-state index in [1.807, 2.05) is 0 Å². The fourth-order valence-corrected chi connectivity index (χ4v) is 3.72. The molecule has 0 bridgehead atoms. The van der Waals surface area contributed by atoms with Gasteiger partial charge in [0, 0.05) is 5.56 Å². The third-order valence-electron chi connectivity index (χ3n) is 3.85. The summed E-state index contributed by atoms with van der Waals surface area (Å²) in [6.45, 7) is 3.50. The van der Waals surface area contributed by atoms with E-state index in [0.29, 0.717) is 10.4 Å². The second kappa shape index (κ2) is 8.08. The molecular formula is C19H15F3N2O4S. The molecule has 152 valence electrons. The largest absolute Gasteiger partial charge is 0.573 e. The Morgan fingerprint density at radius 1 is 1.28 bits per heavy atom. The van der Waals surface area contributed by atoms with Gasteiger partial charge in [-0.2, -0.15) is 0 Å². The van der Waals surface area contributed by atoms with E-state index in [1.165, 1.54) is 30.4 Å². The number of halogens is 3. The van der Waals surface area contributed by atoms with Crippen LogP contribution >= 0.6 is 11.3 Å². The Balaban J connectivity index is 1.98. The molecule has 29 heavy (non-hydrogen) atoms. The van der Waals surface area contributed by atoms with Gasteiger partial charge in [0.25, 0.3) is 5.56 Å². The summed E-state index contributed by atoms with van der Waals surface area (Å²) in [6, 6.07) is 5.58. The van der Waals surface area contributed by atoms with Crippen molar-refractivity contribution in [2.24, 2.45) is 0 Å². The summed E-state index contributed by atoms with van der Waals surface area (Å²) < 4.78 is 46.6. The number of ether oxygens (including phenoxy) is 2. The van der Waals surface area contributed by atoms with Crippen molar-refractivity contribution in [3.8, 4) is 5.75 Å². The second-order valence-electron chi connectivity index (χ2n) is 5.83. The van der Waals surface area contributed by atoms with E-state index in [4.69, 9.17) is 4.74 Å². The molecule has 0 aliphatic heterocycles. The number of para-hydroxylation sites is 1. The van der Waals surface area contributed by atoms with Crippen LogP contribution in [0.5, 0.6) is 5.75 Å². The highest BCUT2D eigenvalue weighted by Gasteiger charge is 2.31. The molecule has 0 saturated carbocycles. The number of nitrogens with one attached hydrogen (secondary N) is 1. The maximum absolute atomic E-state index is 12.5. The van der Waals surface area contributed by atoms with Crippen molar-refractivity contribution in [3.05, 3.63) is 56.4 Å². The highest BCUT2D eigenvalue weighted by molar-refractivity contribution is 7.20. The van der Waals surface area contributed by atoms with Crippen LogP contribution in [0.4, 0.5) is 13.2 Å². The lowest BCUT2D eigenvalue weighted by Gasteiger charge is -2.10. The van der Waals surface area contributed by atoms with Gasteiger partial charge in [-0.25, -0.2) is 9.78 Å². The first-order valence-electron chi connectivity index (χ1n) is 8.43. The maximum atomic E-state index is 12.5. The van der Waals surface area contributed by atoms with Crippen LogP contribution in [0, 0.1) is 6.92 Å². The topological polar surface area (TPSA) is 81.3 Å². The van der Waals surface area contributed by atoms with Gasteiger partial charge < -0.3 is 14.5 Å². The zero-order valence-electron chi connectivity index (χ0n) is 15.3. The van der Waals surface area contributed by atoms with Crippen LogP contribution in [0.2, 0.25) is 0 Å². The number of fused-ring (bicyclic) bond motifs is 1. The van der Waals surface area contributed by atoms with Crippen LogP contribution in [0.15, 0.2) is 29.1 Å². The first-order chi connectivity index (χ1) is 13.7. The smallest absolute Gasteiger partial charge is 0.462 e. The quantitative estimate of drug-likeness (QED) is 0.609. The fourth-order valence-electron chi connectivity index (χ4n) is 2.64. The lowest BCUT2D eigenvalue weighted by atomic mass is 10.2. The summed E-state index contributed by atoms with van der Waals surface area (Å²) in [5, 5.41) is 0.274.